The molecule has 6 unspecified atom stereocenters. The van der Waals surface area contributed by atoms with Gasteiger partial charge >= 0.3 is 16.4 Å². The highest BCUT2D eigenvalue weighted by molar-refractivity contribution is 7.80. The van der Waals surface area contributed by atoms with Crippen molar-refractivity contribution in [3.05, 3.63) is 48.6 Å². The summed E-state index contributed by atoms with van der Waals surface area (Å²) in [5.41, 5.74) is 0. The summed E-state index contributed by atoms with van der Waals surface area (Å²) in [6.07, 6.45) is 54.3. The number of ether oxygens (including phenoxy) is 4. The van der Waals surface area contributed by atoms with E-state index in [-0.39, 0.29) is 19.6 Å². The summed E-state index contributed by atoms with van der Waals surface area (Å²) in [4.78, 5) is 13.0. The second kappa shape index (κ2) is 49.9. The van der Waals surface area contributed by atoms with Gasteiger partial charge in [0.2, 0.25) is 0 Å². The third-order valence-electron chi connectivity index (χ3n) is 13.5. The molecule has 422 valence electrons. The molecule has 0 spiro atoms. The van der Waals surface area contributed by atoms with E-state index in [1.165, 1.54) is 161 Å². The molecule has 72 heavy (non-hydrogen) atoms. The second-order valence-corrected chi connectivity index (χ2v) is 21.3. The van der Waals surface area contributed by atoms with Crippen molar-refractivity contribution in [1.82, 2.24) is 0 Å². The maximum absolute atomic E-state index is 13.0. The lowest BCUT2D eigenvalue weighted by molar-refractivity contribution is -0.301. The summed E-state index contributed by atoms with van der Waals surface area (Å²) in [6, 6.07) is 0. The molecule has 0 aliphatic carbocycles. The van der Waals surface area contributed by atoms with Crippen molar-refractivity contribution in [2.24, 2.45) is 0 Å². The van der Waals surface area contributed by atoms with E-state index in [1.54, 1.807) is 0 Å². The predicted octanol–water partition coefficient (Wildman–Crippen LogP) is 14.6. The van der Waals surface area contributed by atoms with Gasteiger partial charge in [0.25, 0.3) is 0 Å². The molecule has 0 aromatic rings. The molecule has 1 saturated heterocycles. The van der Waals surface area contributed by atoms with Crippen LogP contribution < -0.4 is 0 Å². The zero-order chi connectivity index (χ0) is 52.4. The highest BCUT2D eigenvalue weighted by Crippen LogP contribution is 2.26. The van der Waals surface area contributed by atoms with E-state index in [9.17, 15) is 33.1 Å². The van der Waals surface area contributed by atoms with Crippen LogP contribution in [0.15, 0.2) is 48.6 Å². The summed E-state index contributed by atoms with van der Waals surface area (Å²) in [7, 11) is -5.07. The maximum atomic E-state index is 13.0. The Hall–Kier alpha value is -1.94. The first-order chi connectivity index (χ1) is 35.1. The monoisotopic (exact) mass is 1040 g/mol. The van der Waals surface area contributed by atoms with Gasteiger partial charge in [-0.1, -0.05) is 249 Å². The number of aliphatic hydroxyl groups is 3. The van der Waals surface area contributed by atoms with Crippen LogP contribution >= 0.6 is 0 Å². The SMILES string of the molecule is CC/C=C\C/C=C\C/C=C\C/C=C\CCCCCCCCCCCCC(=O)OC(COCCCCCCCCCCCCCCCCCCCCCCCC)COC1OC(CO)C(O)C(OS(=O)(=O)O)C1O. The maximum Gasteiger partial charge on any atom is 0.397 e. The molecular weight excluding hydrogens is 933 g/mol. The predicted molar refractivity (Wildman–Crippen MR) is 294 cm³/mol. The Labute approximate surface area is 440 Å². The average Bonchev–Trinajstić information content (AvgIpc) is 3.36. The van der Waals surface area contributed by atoms with Gasteiger partial charge in [-0.25, -0.2) is 4.18 Å². The Balaban J connectivity index is 2.28. The van der Waals surface area contributed by atoms with Crippen LogP contribution in [-0.2, 0) is 38.3 Å². The minimum atomic E-state index is -5.07. The first-order valence-corrected chi connectivity index (χ1v) is 30.8. The summed E-state index contributed by atoms with van der Waals surface area (Å²) in [6.45, 7) is 3.93. The molecule has 4 N–H and O–H groups in total. The fourth-order valence-electron chi connectivity index (χ4n) is 9.08. The van der Waals surface area contributed by atoms with E-state index in [4.69, 9.17) is 18.9 Å². The number of carbonyl (C=O) groups excluding carboxylic acids is 1. The van der Waals surface area contributed by atoms with Crippen LogP contribution in [0.25, 0.3) is 0 Å². The number of hydrogen-bond acceptors (Lipinski definition) is 11. The van der Waals surface area contributed by atoms with Crippen molar-refractivity contribution in [2.75, 3.05) is 26.4 Å². The molecule has 1 aliphatic heterocycles. The summed E-state index contributed by atoms with van der Waals surface area (Å²) in [5.74, 6) is -0.400. The first-order valence-electron chi connectivity index (χ1n) is 29.4. The summed E-state index contributed by atoms with van der Waals surface area (Å²) >= 11 is 0. The van der Waals surface area contributed by atoms with Crippen molar-refractivity contribution in [1.29, 1.82) is 0 Å². The molecule has 0 aromatic heterocycles. The van der Waals surface area contributed by atoms with Crippen molar-refractivity contribution >= 4 is 16.4 Å². The molecule has 1 rings (SSSR count). The number of carbonyl (C=O) groups is 1. The van der Waals surface area contributed by atoms with Crippen molar-refractivity contribution in [3.63, 3.8) is 0 Å². The Kier molecular flexibility index (Phi) is 47.2. The van der Waals surface area contributed by atoms with Crippen LogP contribution in [0.3, 0.4) is 0 Å². The van der Waals surface area contributed by atoms with E-state index in [0.29, 0.717) is 13.0 Å². The minimum absolute atomic E-state index is 0.0369. The van der Waals surface area contributed by atoms with Gasteiger partial charge in [-0.15, -0.1) is 0 Å². The smallest absolute Gasteiger partial charge is 0.397 e. The number of rotatable bonds is 52. The van der Waals surface area contributed by atoms with E-state index < -0.39 is 59.8 Å². The van der Waals surface area contributed by atoms with Gasteiger partial charge < -0.3 is 34.3 Å². The van der Waals surface area contributed by atoms with E-state index in [2.05, 4.69) is 66.6 Å². The highest BCUT2D eigenvalue weighted by Gasteiger charge is 2.48. The summed E-state index contributed by atoms with van der Waals surface area (Å²) < 4.78 is 59.5. The first kappa shape index (κ1) is 68.1. The fourth-order valence-corrected chi connectivity index (χ4v) is 9.59. The van der Waals surface area contributed by atoms with E-state index in [1.807, 2.05) is 0 Å². The van der Waals surface area contributed by atoms with Gasteiger partial charge in [-0.2, -0.15) is 8.42 Å². The molecule has 1 heterocycles. The topological polar surface area (TPSA) is 178 Å². The van der Waals surface area contributed by atoms with E-state index in [0.717, 1.165) is 70.6 Å². The molecule has 1 fully saturated rings. The third kappa shape index (κ3) is 42.3. The molecule has 0 saturated carbocycles. The molecule has 0 bridgehead atoms. The third-order valence-corrected chi connectivity index (χ3v) is 13.9. The fraction of sp³-hybridized carbons (Fsp3) is 0.847. The largest absolute Gasteiger partial charge is 0.457 e. The van der Waals surface area contributed by atoms with Crippen molar-refractivity contribution in [2.45, 2.75) is 295 Å². The zero-order valence-electron chi connectivity index (χ0n) is 45.7. The van der Waals surface area contributed by atoms with Crippen LogP contribution in [0.4, 0.5) is 0 Å². The Morgan fingerprint density at radius 1 is 0.542 bits per heavy atom. The molecule has 13 heteroatoms. The van der Waals surface area contributed by atoms with Crippen LogP contribution in [0.5, 0.6) is 0 Å². The molecule has 0 radical (unpaired) electrons. The molecule has 0 aromatic carbocycles. The number of allylic oxidation sites excluding steroid dienone is 8. The second-order valence-electron chi connectivity index (χ2n) is 20.2. The Morgan fingerprint density at radius 2 is 0.958 bits per heavy atom. The van der Waals surface area contributed by atoms with Crippen LogP contribution in [0.2, 0.25) is 0 Å². The molecule has 1 aliphatic rings. The van der Waals surface area contributed by atoms with Crippen LogP contribution in [-0.4, -0.2) is 97.5 Å². The van der Waals surface area contributed by atoms with Crippen LogP contribution in [0.1, 0.15) is 258 Å². The lowest BCUT2D eigenvalue weighted by Crippen LogP contribution is -2.60. The van der Waals surface area contributed by atoms with Gasteiger partial charge in [-0.05, 0) is 51.4 Å². The number of unbranched alkanes of at least 4 members (excludes halogenated alkanes) is 31. The molecule has 12 nitrogen and oxygen atoms in total. The lowest BCUT2D eigenvalue weighted by Gasteiger charge is -2.41. The van der Waals surface area contributed by atoms with Gasteiger partial charge in [0.1, 0.15) is 30.5 Å². The minimum Gasteiger partial charge on any atom is -0.457 e. The van der Waals surface area contributed by atoms with Gasteiger partial charge in [0.15, 0.2) is 6.29 Å². The highest BCUT2D eigenvalue weighted by atomic mass is 32.3. The number of hydrogen-bond donors (Lipinski definition) is 4. The molecular formula is C59H108O12S. The van der Waals surface area contributed by atoms with E-state index >= 15 is 0 Å². The standard InChI is InChI=1S/C59H108O12S/c1-3-5-7-9-11-13-15-17-19-21-23-25-27-28-30-32-34-36-38-40-42-44-46-48-55(61)69-53(52-68-59-57(63)58(71-72(64,65)66)56(62)54(50-60)70-59)51-67-49-47-45-43-41-39-37-35-33-31-29-26-24-22-20-18-16-14-12-10-8-6-4-2/h5,7,11,13,17,19,23,25,53-54,56-60,62-63H,3-4,6,8-10,12,14-16,18,20-22,24,26-52H2,1-2H3,(H,64,65,66)/b7-5-,13-11-,19-17-,25-23-. The Morgan fingerprint density at radius 3 is 1.40 bits per heavy atom. The van der Waals surface area contributed by atoms with Crippen LogP contribution in [0, 0.1) is 0 Å². The zero-order valence-corrected chi connectivity index (χ0v) is 46.6. The van der Waals surface area contributed by atoms with Gasteiger partial charge in [-0.3, -0.25) is 9.35 Å². The Bertz CT molecular complexity index is 1430. The molecule has 6 atom stereocenters. The van der Waals surface area contributed by atoms with Gasteiger partial charge in [0.05, 0.1) is 19.8 Å². The lowest BCUT2D eigenvalue weighted by atomic mass is 9.99. The van der Waals surface area contributed by atoms with Crippen molar-refractivity contribution < 1.29 is 56.2 Å². The average molecular weight is 1040 g/mol. The van der Waals surface area contributed by atoms with Crippen molar-refractivity contribution in [3.8, 4) is 0 Å². The quantitative estimate of drug-likeness (QED) is 0.0196. The number of esters is 1. The normalized spacial score (nSPS) is 19.2. The van der Waals surface area contributed by atoms with Gasteiger partial charge in [0, 0.05) is 13.0 Å². The number of aliphatic hydroxyl groups excluding tert-OH is 3. The molecule has 0 amide bonds. The summed E-state index contributed by atoms with van der Waals surface area (Å²) in [5, 5.41) is 30.9.